The van der Waals surface area contributed by atoms with Crippen LogP contribution in [0.1, 0.15) is 0 Å². The number of thioether (sulfide) groups is 3. The second-order valence-electron chi connectivity index (χ2n) is 3.34. The van der Waals surface area contributed by atoms with Crippen molar-refractivity contribution in [3.8, 4) is 0 Å². The molecule has 0 spiro atoms. The fourth-order valence-electron chi connectivity index (χ4n) is 1.10. The van der Waals surface area contributed by atoms with Gasteiger partial charge in [0.25, 0.3) is 0 Å². The van der Waals surface area contributed by atoms with Gasteiger partial charge >= 0.3 is 0 Å². The summed E-state index contributed by atoms with van der Waals surface area (Å²) in [5.74, 6) is 2.92. The zero-order valence-corrected chi connectivity index (χ0v) is 12.3. The van der Waals surface area contributed by atoms with E-state index in [4.69, 9.17) is 10.2 Å². The smallest absolute Gasteiger partial charge is 0.0558 e. The van der Waals surface area contributed by atoms with E-state index in [1.165, 1.54) is 0 Å². The third-order valence-corrected chi connectivity index (χ3v) is 5.91. The molecule has 0 bridgehead atoms. The van der Waals surface area contributed by atoms with E-state index in [9.17, 15) is 10.2 Å². The first-order valence-corrected chi connectivity index (χ1v) is 8.78. The van der Waals surface area contributed by atoms with Crippen molar-refractivity contribution in [2.45, 2.75) is 10.5 Å². The van der Waals surface area contributed by atoms with E-state index in [2.05, 4.69) is 0 Å². The molecule has 0 aromatic rings. The molecule has 0 amide bonds. The average Bonchev–Trinajstić information content (AvgIpc) is 2.36. The number of hydrogen-bond acceptors (Lipinski definition) is 7. The lowest BCUT2D eigenvalue weighted by Crippen LogP contribution is -2.22. The molecule has 0 aromatic heterocycles. The van der Waals surface area contributed by atoms with E-state index >= 15 is 0 Å². The maximum atomic E-state index is 9.22. The van der Waals surface area contributed by atoms with Gasteiger partial charge in [0, 0.05) is 33.5 Å². The molecule has 0 heterocycles. The molecule has 0 rings (SSSR count). The van der Waals surface area contributed by atoms with Crippen molar-refractivity contribution >= 4 is 35.3 Å². The Labute approximate surface area is 116 Å². The fourth-order valence-corrected chi connectivity index (χ4v) is 4.35. The lowest BCUT2D eigenvalue weighted by atomic mass is 10.5. The molecule has 7 heteroatoms. The molecule has 0 aliphatic rings. The quantitative estimate of drug-likeness (QED) is 0.375. The largest absolute Gasteiger partial charge is 0.396 e. The van der Waals surface area contributed by atoms with E-state index in [-0.39, 0.29) is 36.9 Å². The summed E-state index contributed by atoms with van der Waals surface area (Å²) in [6.45, 7) is 0.487. The predicted octanol–water partition coefficient (Wildman–Crippen LogP) is -0.108. The molecule has 0 aliphatic carbocycles. The van der Waals surface area contributed by atoms with Gasteiger partial charge in [-0.2, -0.15) is 23.5 Å². The summed E-state index contributed by atoms with van der Waals surface area (Å²) < 4.78 is 0. The Balaban J connectivity index is 3.77. The van der Waals surface area contributed by atoms with Crippen molar-refractivity contribution in [2.24, 2.45) is 0 Å². The Kier molecular flexibility index (Phi) is 14.0. The van der Waals surface area contributed by atoms with Crippen molar-refractivity contribution in [1.82, 2.24) is 0 Å². The van der Waals surface area contributed by atoms with Gasteiger partial charge in [-0.3, -0.25) is 0 Å². The summed E-state index contributed by atoms with van der Waals surface area (Å²) >= 11 is 4.80. The van der Waals surface area contributed by atoms with Crippen molar-refractivity contribution in [3.63, 3.8) is 0 Å². The minimum atomic E-state index is 0.0876. The van der Waals surface area contributed by atoms with Crippen LogP contribution in [0.5, 0.6) is 0 Å². The Morgan fingerprint density at radius 3 is 1.41 bits per heavy atom. The maximum absolute atomic E-state index is 9.22. The van der Waals surface area contributed by atoms with Gasteiger partial charge in [0.05, 0.1) is 26.4 Å². The van der Waals surface area contributed by atoms with Crippen LogP contribution in [0.25, 0.3) is 0 Å². The SMILES string of the molecule is OCCSCC(CO)SC(CO)CSCCO. The molecule has 0 saturated carbocycles. The third-order valence-electron chi connectivity index (χ3n) is 1.87. The number of hydrogen-bond donors (Lipinski definition) is 4. The van der Waals surface area contributed by atoms with Crippen LogP contribution in [0.4, 0.5) is 0 Å². The summed E-state index contributed by atoms with van der Waals surface area (Å²) in [4.78, 5) is 0. The Morgan fingerprint density at radius 1 is 0.706 bits per heavy atom. The molecule has 4 nitrogen and oxygen atoms in total. The van der Waals surface area contributed by atoms with Crippen LogP contribution in [0.15, 0.2) is 0 Å². The van der Waals surface area contributed by atoms with Gasteiger partial charge in [0.15, 0.2) is 0 Å². The number of rotatable bonds is 12. The molecule has 0 radical (unpaired) electrons. The number of aliphatic hydroxyl groups excluding tert-OH is 4. The summed E-state index contributed by atoms with van der Waals surface area (Å²) in [6.07, 6.45) is 0. The van der Waals surface area contributed by atoms with Gasteiger partial charge < -0.3 is 20.4 Å². The molecule has 0 aliphatic heterocycles. The lowest BCUT2D eigenvalue weighted by molar-refractivity contribution is 0.293. The van der Waals surface area contributed by atoms with E-state index in [0.29, 0.717) is 11.5 Å². The van der Waals surface area contributed by atoms with Gasteiger partial charge in [-0.1, -0.05) is 0 Å². The minimum Gasteiger partial charge on any atom is -0.396 e. The molecular formula is C10H22O4S3. The first-order chi connectivity index (χ1) is 8.28. The van der Waals surface area contributed by atoms with E-state index in [1.54, 1.807) is 35.3 Å². The molecule has 0 fully saturated rings. The second kappa shape index (κ2) is 13.3. The molecule has 4 N–H and O–H groups in total. The summed E-state index contributed by atoms with van der Waals surface area (Å²) in [6, 6.07) is 0. The van der Waals surface area contributed by atoms with Gasteiger partial charge in [0.1, 0.15) is 0 Å². The Hall–Kier alpha value is 0.890. The molecule has 0 saturated heterocycles. The zero-order valence-electron chi connectivity index (χ0n) is 9.83. The molecular weight excluding hydrogens is 280 g/mol. The van der Waals surface area contributed by atoms with Crippen molar-refractivity contribution < 1.29 is 20.4 Å². The molecule has 104 valence electrons. The highest BCUT2D eigenvalue weighted by Gasteiger charge is 2.16. The Bertz CT molecular complexity index is 146. The van der Waals surface area contributed by atoms with E-state index in [0.717, 1.165) is 11.5 Å². The Morgan fingerprint density at radius 2 is 1.12 bits per heavy atom. The van der Waals surface area contributed by atoms with Crippen LogP contribution >= 0.6 is 35.3 Å². The highest BCUT2D eigenvalue weighted by molar-refractivity contribution is 8.05. The molecule has 17 heavy (non-hydrogen) atoms. The third kappa shape index (κ3) is 10.5. The van der Waals surface area contributed by atoms with Crippen LogP contribution < -0.4 is 0 Å². The maximum Gasteiger partial charge on any atom is 0.0558 e. The van der Waals surface area contributed by atoms with Crippen LogP contribution in [-0.4, -0.2) is 80.4 Å². The summed E-state index contributed by atoms with van der Waals surface area (Å²) in [5, 5.41) is 36.0. The highest BCUT2D eigenvalue weighted by atomic mass is 32.2. The van der Waals surface area contributed by atoms with E-state index < -0.39 is 0 Å². The standard InChI is InChI=1S/C10H22O4S3/c11-1-3-15-7-9(5-13)17-10(6-14)8-16-4-2-12/h9-14H,1-8H2. The van der Waals surface area contributed by atoms with Gasteiger partial charge in [-0.15, -0.1) is 11.8 Å². The summed E-state index contributed by atoms with van der Waals surface area (Å²) in [7, 11) is 0. The summed E-state index contributed by atoms with van der Waals surface area (Å²) in [5.41, 5.74) is 0. The highest BCUT2D eigenvalue weighted by Crippen LogP contribution is 2.23. The van der Waals surface area contributed by atoms with Crippen LogP contribution in [0.2, 0.25) is 0 Å². The van der Waals surface area contributed by atoms with Crippen LogP contribution in [-0.2, 0) is 0 Å². The van der Waals surface area contributed by atoms with Gasteiger partial charge in [-0.25, -0.2) is 0 Å². The average molecular weight is 302 g/mol. The van der Waals surface area contributed by atoms with Gasteiger partial charge in [-0.05, 0) is 0 Å². The van der Waals surface area contributed by atoms with Crippen molar-refractivity contribution in [2.75, 3.05) is 49.4 Å². The van der Waals surface area contributed by atoms with E-state index in [1.807, 2.05) is 0 Å². The van der Waals surface area contributed by atoms with Crippen LogP contribution in [0.3, 0.4) is 0 Å². The minimum absolute atomic E-state index is 0.0876. The van der Waals surface area contributed by atoms with Crippen molar-refractivity contribution in [1.29, 1.82) is 0 Å². The topological polar surface area (TPSA) is 80.9 Å². The first-order valence-electron chi connectivity index (χ1n) is 5.52. The monoisotopic (exact) mass is 302 g/mol. The predicted molar refractivity (Wildman–Crippen MR) is 78.2 cm³/mol. The molecule has 2 unspecified atom stereocenters. The van der Waals surface area contributed by atoms with Gasteiger partial charge in [0.2, 0.25) is 0 Å². The molecule has 0 aromatic carbocycles. The zero-order chi connectivity index (χ0) is 12.9. The lowest BCUT2D eigenvalue weighted by Gasteiger charge is -2.19. The second-order valence-corrected chi connectivity index (χ2v) is 7.25. The fraction of sp³-hybridized carbons (Fsp3) is 1.00. The number of aliphatic hydroxyl groups is 4. The van der Waals surface area contributed by atoms with Crippen molar-refractivity contribution in [3.05, 3.63) is 0 Å². The first kappa shape index (κ1) is 17.9. The normalized spacial score (nSPS) is 14.8. The molecule has 2 atom stereocenters. The van der Waals surface area contributed by atoms with Crippen LogP contribution in [0, 0.1) is 0 Å².